The van der Waals surface area contributed by atoms with Gasteiger partial charge in [-0.2, -0.15) is 0 Å². The van der Waals surface area contributed by atoms with E-state index in [0.717, 1.165) is 0 Å². The fourth-order valence-corrected chi connectivity index (χ4v) is 1.76. The molecule has 0 spiro atoms. The predicted octanol–water partition coefficient (Wildman–Crippen LogP) is 1.59. The molecule has 6 nitrogen and oxygen atoms in total. The minimum Gasteiger partial charge on any atom is -0.480 e. The molecule has 0 unspecified atom stereocenters. The van der Waals surface area contributed by atoms with Crippen molar-refractivity contribution in [2.24, 2.45) is 5.73 Å². The number of carbonyl (C=O) groups is 2. The van der Waals surface area contributed by atoms with E-state index in [1.807, 2.05) is 0 Å². The molecule has 1 aromatic carbocycles. The third kappa shape index (κ3) is 5.39. The molecule has 0 aliphatic rings. The maximum absolute atomic E-state index is 11.5. The molecule has 0 atom stereocenters. The van der Waals surface area contributed by atoms with Crippen LogP contribution in [0.2, 0.25) is 0 Å². The third-order valence-corrected chi connectivity index (χ3v) is 2.87. The Morgan fingerprint density at radius 2 is 2.04 bits per heavy atom. The van der Waals surface area contributed by atoms with Crippen LogP contribution in [-0.2, 0) is 4.79 Å². The Balaban J connectivity index is 1.73. The molecule has 0 fully saturated rings. The van der Waals surface area contributed by atoms with Gasteiger partial charge in [-0.1, -0.05) is 24.0 Å². The van der Waals surface area contributed by atoms with Crippen LogP contribution < -0.4 is 15.8 Å². The van der Waals surface area contributed by atoms with Gasteiger partial charge in [-0.05, 0) is 30.3 Å². The number of nitrogens with two attached hydrogens (primary N) is 1. The zero-order chi connectivity index (χ0) is 17.2. The monoisotopic (exact) mass is 324 g/mol. The van der Waals surface area contributed by atoms with Crippen molar-refractivity contribution < 1.29 is 18.7 Å². The fraction of sp³-hybridized carbons (Fsp3) is 0.111. The summed E-state index contributed by atoms with van der Waals surface area (Å²) in [5, 5.41) is 2.60. The number of primary amides is 1. The molecule has 0 radical (unpaired) electrons. The van der Waals surface area contributed by atoms with Crippen LogP contribution in [0.4, 0.5) is 0 Å². The average molecular weight is 324 g/mol. The normalized spacial score (nSPS) is 10.0. The summed E-state index contributed by atoms with van der Waals surface area (Å²) in [4.78, 5) is 22.7. The molecular weight excluding hydrogens is 308 g/mol. The SMILES string of the molecule is NC(=O)c1ccccc1OCC#CCNC(=O)C=Cc1ccco1. The number of carbonyl (C=O) groups excluding carboxylic acids is 2. The highest BCUT2D eigenvalue weighted by Crippen LogP contribution is 2.16. The lowest BCUT2D eigenvalue weighted by Gasteiger charge is -2.05. The van der Waals surface area contributed by atoms with Crippen molar-refractivity contribution in [3.8, 4) is 17.6 Å². The number of amides is 2. The van der Waals surface area contributed by atoms with Crippen LogP contribution in [-0.4, -0.2) is 25.0 Å². The van der Waals surface area contributed by atoms with Gasteiger partial charge in [0.2, 0.25) is 5.91 Å². The Kier molecular flexibility index (Phi) is 6.24. The van der Waals surface area contributed by atoms with Crippen molar-refractivity contribution >= 4 is 17.9 Å². The third-order valence-electron chi connectivity index (χ3n) is 2.87. The largest absolute Gasteiger partial charge is 0.480 e. The van der Waals surface area contributed by atoms with E-state index < -0.39 is 5.91 Å². The maximum Gasteiger partial charge on any atom is 0.252 e. The molecule has 24 heavy (non-hydrogen) atoms. The zero-order valence-electron chi connectivity index (χ0n) is 12.8. The summed E-state index contributed by atoms with van der Waals surface area (Å²) in [5.74, 6) is 5.63. The number of ether oxygens (including phenoxy) is 1. The number of nitrogens with one attached hydrogen (secondary N) is 1. The second-order valence-corrected chi connectivity index (χ2v) is 4.57. The number of rotatable bonds is 6. The van der Waals surface area contributed by atoms with Crippen LogP contribution in [0.1, 0.15) is 16.1 Å². The molecular formula is C18H16N2O4. The first-order valence-corrected chi connectivity index (χ1v) is 7.13. The first kappa shape index (κ1) is 16.9. The molecule has 2 rings (SSSR count). The smallest absolute Gasteiger partial charge is 0.252 e. The van der Waals surface area contributed by atoms with Crippen LogP contribution in [0.3, 0.4) is 0 Å². The lowest BCUT2D eigenvalue weighted by Crippen LogP contribution is -2.21. The molecule has 2 aromatic rings. The predicted molar refractivity (Wildman–Crippen MR) is 89.0 cm³/mol. The molecule has 122 valence electrons. The minimum absolute atomic E-state index is 0.0857. The Morgan fingerprint density at radius 3 is 2.79 bits per heavy atom. The Bertz CT molecular complexity index is 783. The van der Waals surface area contributed by atoms with E-state index in [2.05, 4.69) is 17.2 Å². The lowest BCUT2D eigenvalue weighted by atomic mass is 10.2. The van der Waals surface area contributed by atoms with E-state index in [9.17, 15) is 9.59 Å². The van der Waals surface area contributed by atoms with Gasteiger partial charge in [0.1, 0.15) is 18.1 Å². The van der Waals surface area contributed by atoms with Gasteiger partial charge >= 0.3 is 0 Å². The second kappa shape index (κ2) is 8.86. The van der Waals surface area contributed by atoms with Crippen LogP contribution in [0.5, 0.6) is 5.75 Å². The topological polar surface area (TPSA) is 94.6 Å². The number of hydrogen-bond acceptors (Lipinski definition) is 4. The molecule has 0 aliphatic heterocycles. The molecule has 1 aromatic heterocycles. The summed E-state index contributed by atoms with van der Waals surface area (Å²) in [5.41, 5.74) is 5.55. The van der Waals surface area contributed by atoms with Gasteiger partial charge in [0.15, 0.2) is 0 Å². The highest BCUT2D eigenvalue weighted by molar-refractivity contribution is 5.95. The van der Waals surface area contributed by atoms with Crippen molar-refractivity contribution in [2.75, 3.05) is 13.2 Å². The Morgan fingerprint density at radius 1 is 1.21 bits per heavy atom. The molecule has 6 heteroatoms. The Hall–Kier alpha value is -3.46. The number of benzene rings is 1. The summed E-state index contributed by atoms with van der Waals surface area (Å²) >= 11 is 0. The van der Waals surface area contributed by atoms with E-state index in [1.54, 1.807) is 42.5 Å². The van der Waals surface area contributed by atoms with Crippen LogP contribution >= 0.6 is 0 Å². The fourth-order valence-electron chi connectivity index (χ4n) is 1.76. The lowest BCUT2D eigenvalue weighted by molar-refractivity contribution is -0.116. The van der Waals surface area contributed by atoms with E-state index in [1.165, 1.54) is 12.3 Å². The van der Waals surface area contributed by atoms with Gasteiger partial charge in [0.05, 0.1) is 18.4 Å². The summed E-state index contributed by atoms with van der Waals surface area (Å²) in [6.07, 6.45) is 4.45. The molecule has 2 amide bonds. The summed E-state index contributed by atoms with van der Waals surface area (Å²) in [7, 11) is 0. The molecule has 0 saturated carbocycles. The number of para-hydroxylation sites is 1. The number of furan rings is 1. The first-order valence-electron chi connectivity index (χ1n) is 7.13. The van der Waals surface area contributed by atoms with E-state index in [4.69, 9.17) is 14.9 Å². The van der Waals surface area contributed by atoms with Gasteiger partial charge in [-0.3, -0.25) is 9.59 Å². The van der Waals surface area contributed by atoms with Crippen molar-refractivity contribution in [3.05, 3.63) is 60.1 Å². The highest BCUT2D eigenvalue weighted by atomic mass is 16.5. The maximum atomic E-state index is 11.5. The van der Waals surface area contributed by atoms with E-state index in [-0.39, 0.29) is 19.1 Å². The van der Waals surface area contributed by atoms with Crippen molar-refractivity contribution in [2.45, 2.75) is 0 Å². The number of hydrogen-bond donors (Lipinski definition) is 2. The summed E-state index contributed by atoms with van der Waals surface area (Å²) in [6.45, 7) is 0.268. The summed E-state index contributed by atoms with van der Waals surface area (Å²) in [6, 6.07) is 10.1. The van der Waals surface area contributed by atoms with Gasteiger partial charge in [-0.15, -0.1) is 0 Å². The molecule has 3 N–H and O–H groups in total. The quantitative estimate of drug-likeness (QED) is 0.623. The van der Waals surface area contributed by atoms with E-state index >= 15 is 0 Å². The molecule has 1 heterocycles. The summed E-state index contributed by atoms with van der Waals surface area (Å²) < 4.78 is 10.5. The standard InChI is InChI=1S/C18H16N2O4/c19-18(22)15-7-1-2-8-16(15)24-12-4-3-11-20-17(21)10-9-14-6-5-13-23-14/h1-2,5-10,13H,11-12H2,(H2,19,22)(H,20,21). The van der Waals surface area contributed by atoms with Gasteiger partial charge in [-0.25, -0.2) is 0 Å². The van der Waals surface area contributed by atoms with Crippen molar-refractivity contribution in [1.82, 2.24) is 5.32 Å². The zero-order valence-corrected chi connectivity index (χ0v) is 12.8. The van der Waals surface area contributed by atoms with E-state index in [0.29, 0.717) is 17.1 Å². The average Bonchev–Trinajstić information content (AvgIpc) is 3.10. The molecule has 0 bridgehead atoms. The Labute approximate surface area is 139 Å². The van der Waals surface area contributed by atoms with Gasteiger partial charge in [0, 0.05) is 6.08 Å². The van der Waals surface area contributed by atoms with Crippen LogP contribution in [0, 0.1) is 11.8 Å². The second-order valence-electron chi connectivity index (χ2n) is 4.57. The van der Waals surface area contributed by atoms with Crippen LogP contribution in [0.25, 0.3) is 6.08 Å². The minimum atomic E-state index is -0.561. The first-order chi connectivity index (χ1) is 11.7. The molecule has 0 saturated heterocycles. The van der Waals surface area contributed by atoms with Gasteiger partial charge < -0.3 is 20.2 Å². The van der Waals surface area contributed by atoms with Gasteiger partial charge in [0.25, 0.3) is 5.91 Å². The molecule has 0 aliphatic carbocycles. The van der Waals surface area contributed by atoms with Crippen molar-refractivity contribution in [1.29, 1.82) is 0 Å². The van der Waals surface area contributed by atoms with Crippen LogP contribution in [0.15, 0.2) is 53.2 Å². The highest BCUT2D eigenvalue weighted by Gasteiger charge is 2.06. The van der Waals surface area contributed by atoms with Crippen molar-refractivity contribution in [3.63, 3.8) is 0 Å².